The van der Waals surface area contributed by atoms with Crippen molar-refractivity contribution in [3.8, 4) is 5.75 Å². The van der Waals surface area contributed by atoms with Crippen molar-refractivity contribution in [2.75, 3.05) is 6.61 Å². The second-order valence-electron chi connectivity index (χ2n) is 4.33. The fourth-order valence-electron chi connectivity index (χ4n) is 1.81. The van der Waals surface area contributed by atoms with Crippen LogP contribution in [0.1, 0.15) is 11.3 Å². The van der Waals surface area contributed by atoms with E-state index >= 15 is 0 Å². The van der Waals surface area contributed by atoms with Crippen LogP contribution in [-0.4, -0.2) is 28.8 Å². The molecule has 98 valence electrons. The topological polar surface area (TPSA) is 62.6 Å². The molecule has 0 atom stereocenters. The van der Waals surface area contributed by atoms with Gasteiger partial charge in [-0.05, 0) is 25.1 Å². The van der Waals surface area contributed by atoms with Gasteiger partial charge in [-0.25, -0.2) is 0 Å². The maximum absolute atomic E-state index is 9.31. The molecular weight excluding hydrogens is 241 g/mol. The monoisotopic (exact) mass is 257 g/mol. The summed E-state index contributed by atoms with van der Waals surface area (Å²) in [6.45, 7) is 2.34. The summed E-state index contributed by atoms with van der Waals surface area (Å²) in [7, 11) is -1.52. The highest BCUT2D eigenvalue weighted by molar-refractivity contribution is 6.59. The zero-order chi connectivity index (χ0) is 13.7. The molecule has 0 aliphatic carbocycles. The van der Waals surface area contributed by atoms with E-state index in [9.17, 15) is 10.0 Å². The lowest BCUT2D eigenvalue weighted by molar-refractivity contribution is 0.320. The number of nitrogens with zero attached hydrogens (tertiary/aromatic N) is 1. The van der Waals surface area contributed by atoms with E-state index in [1.807, 2.05) is 31.2 Å². The van der Waals surface area contributed by atoms with Crippen LogP contribution in [0.3, 0.4) is 0 Å². The molecule has 5 heteroatoms. The average Bonchev–Trinajstić information content (AvgIpc) is 2.41. The van der Waals surface area contributed by atoms with E-state index in [0.717, 1.165) is 11.3 Å². The molecule has 4 nitrogen and oxygen atoms in total. The first-order chi connectivity index (χ1) is 9.16. The molecule has 2 rings (SSSR count). The quantitative estimate of drug-likeness (QED) is 0.773. The Hall–Kier alpha value is -1.85. The molecule has 0 aliphatic heterocycles. The van der Waals surface area contributed by atoms with Crippen LogP contribution in [0, 0.1) is 6.92 Å². The highest BCUT2D eigenvalue weighted by Crippen LogP contribution is 2.10. The Balaban J connectivity index is 2.00. The number of hydrogen-bond acceptors (Lipinski definition) is 4. The van der Waals surface area contributed by atoms with E-state index in [4.69, 9.17) is 4.74 Å². The lowest BCUT2D eigenvalue weighted by Gasteiger charge is -2.11. The standard InChI is InChI=1S/C14H16BNO3/c1-11-5-6-14(13(10-11)15(17)18)19-9-7-12-4-2-3-8-16-12/h2-6,8,10,17-18H,7,9H2,1H3. The SMILES string of the molecule is Cc1ccc(OCCc2ccccn2)c(B(O)O)c1. The molecular formula is C14H16BNO3. The van der Waals surface area contributed by atoms with Crippen LogP contribution in [0.5, 0.6) is 5.75 Å². The van der Waals surface area contributed by atoms with Crippen molar-refractivity contribution >= 4 is 12.6 Å². The third-order valence-electron chi connectivity index (χ3n) is 2.79. The lowest BCUT2D eigenvalue weighted by atomic mass is 9.79. The zero-order valence-corrected chi connectivity index (χ0v) is 10.8. The molecule has 2 N–H and O–H groups in total. The van der Waals surface area contributed by atoms with Gasteiger partial charge >= 0.3 is 7.12 Å². The van der Waals surface area contributed by atoms with Crippen molar-refractivity contribution in [1.29, 1.82) is 0 Å². The average molecular weight is 257 g/mol. The Labute approximate surface area is 112 Å². The molecule has 0 fully saturated rings. The van der Waals surface area contributed by atoms with Gasteiger partial charge in [-0.1, -0.05) is 23.8 Å². The second kappa shape index (κ2) is 6.36. The Morgan fingerprint density at radius 2 is 2.05 bits per heavy atom. The van der Waals surface area contributed by atoms with Crippen LogP contribution in [0.4, 0.5) is 0 Å². The first-order valence-corrected chi connectivity index (χ1v) is 6.16. The number of benzene rings is 1. The van der Waals surface area contributed by atoms with Gasteiger partial charge in [-0.2, -0.15) is 0 Å². The number of aromatic nitrogens is 1. The van der Waals surface area contributed by atoms with Crippen molar-refractivity contribution in [3.63, 3.8) is 0 Å². The number of aryl methyl sites for hydroxylation is 1. The van der Waals surface area contributed by atoms with E-state index in [1.54, 1.807) is 18.3 Å². The summed E-state index contributed by atoms with van der Waals surface area (Å²) < 4.78 is 5.60. The van der Waals surface area contributed by atoms with Gasteiger partial charge in [-0.3, -0.25) is 4.98 Å². The van der Waals surface area contributed by atoms with E-state index < -0.39 is 7.12 Å². The number of rotatable bonds is 5. The Morgan fingerprint density at radius 1 is 1.21 bits per heavy atom. The molecule has 1 heterocycles. The summed E-state index contributed by atoms with van der Waals surface area (Å²) in [5.74, 6) is 0.497. The van der Waals surface area contributed by atoms with Crippen molar-refractivity contribution in [2.24, 2.45) is 0 Å². The smallest absolute Gasteiger partial charge is 0.492 e. The van der Waals surface area contributed by atoms with Crippen LogP contribution in [0.25, 0.3) is 0 Å². The maximum atomic E-state index is 9.31. The van der Waals surface area contributed by atoms with Gasteiger partial charge in [0.15, 0.2) is 0 Å². The fourth-order valence-corrected chi connectivity index (χ4v) is 1.81. The molecule has 19 heavy (non-hydrogen) atoms. The molecule has 0 bridgehead atoms. The van der Waals surface area contributed by atoms with Gasteiger partial charge in [0, 0.05) is 23.8 Å². The molecule has 1 aromatic heterocycles. The predicted molar refractivity (Wildman–Crippen MR) is 74.4 cm³/mol. The molecule has 0 radical (unpaired) electrons. The molecule has 0 aliphatic rings. The van der Waals surface area contributed by atoms with E-state index in [1.165, 1.54) is 0 Å². The molecule has 0 saturated carbocycles. The van der Waals surface area contributed by atoms with Gasteiger partial charge in [-0.15, -0.1) is 0 Å². The summed E-state index contributed by atoms with van der Waals surface area (Å²) in [6, 6.07) is 11.1. The highest BCUT2D eigenvalue weighted by atomic mass is 16.5. The molecule has 0 amide bonds. The summed E-state index contributed by atoms with van der Waals surface area (Å²) in [4.78, 5) is 4.20. The van der Waals surface area contributed by atoms with Crippen molar-refractivity contribution < 1.29 is 14.8 Å². The third kappa shape index (κ3) is 3.81. The van der Waals surface area contributed by atoms with Crippen molar-refractivity contribution in [2.45, 2.75) is 13.3 Å². The van der Waals surface area contributed by atoms with Gasteiger partial charge < -0.3 is 14.8 Å². The molecule has 1 aromatic carbocycles. The molecule has 0 saturated heterocycles. The van der Waals surface area contributed by atoms with Crippen LogP contribution in [-0.2, 0) is 6.42 Å². The molecule has 2 aromatic rings. The van der Waals surface area contributed by atoms with Crippen LogP contribution in [0.2, 0.25) is 0 Å². The van der Waals surface area contributed by atoms with Gasteiger partial charge in [0.05, 0.1) is 6.61 Å². The largest absolute Gasteiger partial charge is 0.494 e. The fraction of sp³-hybridized carbons (Fsp3) is 0.214. The summed E-state index contributed by atoms with van der Waals surface area (Å²) in [5.41, 5.74) is 2.29. The van der Waals surface area contributed by atoms with Gasteiger partial charge in [0.25, 0.3) is 0 Å². The summed E-state index contributed by atoms with van der Waals surface area (Å²) in [6.07, 6.45) is 2.42. The lowest BCUT2D eigenvalue weighted by Crippen LogP contribution is -2.32. The molecule has 0 unspecified atom stereocenters. The Kier molecular flexibility index (Phi) is 4.55. The van der Waals surface area contributed by atoms with Crippen molar-refractivity contribution in [1.82, 2.24) is 4.98 Å². The van der Waals surface area contributed by atoms with Gasteiger partial charge in [0.1, 0.15) is 5.75 Å². The summed E-state index contributed by atoms with van der Waals surface area (Å²) >= 11 is 0. The molecule has 0 spiro atoms. The first-order valence-electron chi connectivity index (χ1n) is 6.16. The zero-order valence-electron chi connectivity index (χ0n) is 10.8. The normalized spacial score (nSPS) is 10.3. The number of pyridine rings is 1. The second-order valence-corrected chi connectivity index (χ2v) is 4.33. The van der Waals surface area contributed by atoms with Crippen LogP contribution in [0.15, 0.2) is 42.6 Å². The Bertz CT molecular complexity index is 531. The van der Waals surface area contributed by atoms with E-state index in [0.29, 0.717) is 24.2 Å². The van der Waals surface area contributed by atoms with E-state index in [-0.39, 0.29) is 0 Å². The minimum atomic E-state index is -1.52. The van der Waals surface area contributed by atoms with Crippen LogP contribution >= 0.6 is 0 Å². The Morgan fingerprint density at radius 3 is 2.74 bits per heavy atom. The third-order valence-corrected chi connectivity index (χ3v) is 2.79. The van der Waals surface area contributed by atoms with Crippen molar-refractivity contribution in [3.05, 3.63) is 53.9 Å². The predicted octanol–water partition coefficient (Wildman–Crippen LogP) is 0.691. The minimum Gasteiger partial charge on any atom is -0.494 e. The van der Waals surface area contributed by atoms with E-state index in [2.05, 4.69) is 4.98 Å². The number of hydrogen-bond donors (Lipinski definition) is 2. The maximum Gasteiger partial charge on any atom is 0.492 e. The number of ether oxygens (including phenoxy) is 1. The highest BCUT2D eigenvalue weighted by Gasteiger charge is 2.17. The first kappa shape index (κ1) is 13.6. The van der Waals surface area contributed by atoms with Gasteiger partial charge in [0.2, 0.25) is 0 Å². The minimum absolute atomic E-state index is 0.390. The summed E-state index contributed by atoms with van der Waals surface area (Å²) in [5, 5.41) is 18.6. The van der Waals surface area contributed by atoms with Crippen LogP contribution < -0.4 is 10.2 Å².